The molecule has 0 bridgehead atoms. The number of anilines is 1. The summed E-state index contributed by atoms with van der Waals surface area (Å²) < 4.78 is 28.3. The third kappa shape index (κ3) is 5.27. The molecule has 182 valence electrons. The van der Waals surface area contributed by atoms with E-state index >= 15 is 0 Å². The van der Waals surface area contributed by atoms with E-state index in [0.717, 1.165) is 62.9 Å². The van der Waals surface area contributed by atoms with E-state index in [0.29, 0.717) is 24.4 Å². The average molecular weight is 476 g/mol. The maximum Gasteiger partial charge on any atom is 0.243 e. The minimum atomic E-state index is -3.54. The number of rotatable bonds is 6. The molecule has 3 aliphatic heterocycles. The van der Waals surface area contributed by atoms with Gasteiger partial charge in [0.2, 0.25) is 21.8 Å². The summed E-state index contributed by atoms with van der Waals surface area (Å²) in [5.41, 5.74) is 1.68. The SMILES string of the molecule is CC[C@H]1CCCCN1S(=O)(=O)c1ccc2c(c1)CCN2C(=O)CCC(=O)N1CCCCCC1. The molecule has 2 amide bonds. The zero-order valence-corrected chi connectivity index (χ0v) is 20.6. The first kappa shape index (κ1) is 24.2. The van der Waals surface area contributed by atoms with Crippen LogP contribution in [0.15, 0.2) is 23.1 Å². The Balaban J connectivity index is 1.41. The summed E-state index contributed by atoms with van der Waals surface area (Å²) in [7, 11) is -3.54. The lowest BCUT2D eigenvalue weighted by Gasteiger charge is -2.34. The first-order chi connectivity index (χ1) is 15.9. The summed E-state index contributed by atoms with van der Waals surface area (Å²) >= 11 is 0. The van der Waals surface area contributed by atoms with Gasteiger partial charge < -0.3 is 9.80 Å². The molecule has 3 aliphatic rings. The number of hydrogen-bond acceptors (Lipinski definition) is 4. The van der Waals surface area contributed by atoms with E-state index in [1.807, 2.05) is 11.8 Å². The van der Waals surface area contributed by atoms with Gasteiger partial charge in [-0.05, 0) is 62.3 Å². The molecule has 0 unspecified atom stereocenters. The maximum absolute atomic E-state index is 13.3. The summed E-state index contributed by atoms with van der Waals surface area (Å²) in [6, 6.07) is 5.23. The molecule has 2 fully saturated rings. The number of carbonyl (C=O) groups is 2. The number of piperidine rings is 1. The van der Waals surface area contributed by atoms with E-state index in [1.54, 1.807) is 27.4 Å². The van der Waals surface area contributed by atoms with Crippen LogP contribution >= 0.6 is 0 Å². The Morgan fingerprint density at radius 3 is 2.33 bits per heavy atom. The van der Waals surface area contributed by atoms with Crippen molar-refractivity contribution in [3.05, 3.63) is 23.8 Å². The van der Waals surface area contributed by atoms with Gasteiger partial charge in [-0.25, -0.2) is 8.42 Å². The second-order valence-electron chi connectivity index (χ2n) is 9.55. The molecule has 1 aromatic rings. The van der Waals surface area contributed by atoms with Crippen LogP contribution in [0.2, 0.25) is 0 Å². The zero-order chi connectivity index (χ0) is 23.4. The highest BCUT2D eigenvalue weighted by Gasteiger charge is 2.34. The molecule has 0 spiro atoms. The van der Waals surface area contributed by atoms with Crippen molar-refractivity contribution in [1.29, 1.82) is 0 Å². The number of benzene rings is 1. The van der Waals surface area contributed by atoms with Gasteiger partial charge in [0, 0.05) is 50.7 Å². The van der Waals surface area contributed by atoms with E-state index < -0.39 is 10.0 Å². The standard InChI is InChI=1S/C25H37N3O4S/c1-2-21-9-5-8-17-28(21)33(31,32)22-10-11-23-20(19-22)14-18-27(23)25(30)13-12-24(29)26-15-6-3-4-7-16-26/h10-11,19,21H,2-9,12-18H2,1H3/t21-/m0/s1. The molecule has 33 heavy (non-hydrogen) atoms. The van der Waals surface area contributed by atoms with E-state index in [-0.39, 0.29) is 30.7 Å². The van der Waals surface area contributed by atoms with Crippen molar-refractivity contribution in [1.82, 2.24) is 9.21 Å². The number of nitrogens with zero attached hydrogens (tertiary/aromatic N) is 3. The quantitative estimate of drug-likeness (QED) is 0.628. The van der Waals surface area contributed by atoms with E-state index in [4.69, 9.17) is 0 Å². The van der Waals surface area contributed by atoms with Gasteiger partial charge in [0.25, 0.3) is 0 Å². The molecule has 0 radical (unpaired) electrons. The van der Waals surface area contributed by atoms with Crippen LogP contribution in [0.3, 0.4) is 0 Å². The van der Waals surface area contributed by atoms with Gasteiger partial charge in [0.15, 0.2) is 0 Å². The molecule has 4 rings (SSSR count). The largest absolute Gasteiger partial charge is 0.343 e. The maximum atomic E-state index is 13.3. The van der Waals surface area contributed by atoms with Crippen molar-refractivity contribution in [2.75, 3.05) is 31.1 Å². The molecule has 1 atom stereocenters. The minimum Gasteiger partial charge on any atom is -0.343 e. The fourth-order valence-electron chi connectivity index (χ4n) is 5.46. The molecule has 0 saturated carbocycles. The van der Waals surface area contributed by atoms with Gasteiger partial charge in [-0.1, -0.05) is 26.2 Å². The van der Waals surface area contributed by atoms with Gasteiger partial charge >= 0.3 is 0 Å². The van der Waals surface area contributed by atoms with Gasteiger partial charge in [-0.15, -0.1) is 0 Å². The summed E-state index contributed by atoms with van der Waals surface area (Å²) in [5, 5.41) is 0. The van der Waals surface area contributed by atoms with E-state index in [2.05, 4.69) is 0 Å². The van der Waals surface area contributed by atoms with Crippen molar-refractivity contribution in [3.63, 3.8) is 0 Å². The Morgan fingerprint density at radius 2 is 1.61 bits per heavy atom. The summed E-state index contributed by atoms with van der Waals surface area (Å²) in [6.07, 6.45) is 9.21. The van der Waals surface area contributed by atoms with Gasteiger partial charge in [0.1, 0.15) is 0 Å². The van der Waals surface area contributed by atoms with Crippen LogP contribution in [-0.2, 0) is 26.0 Å². The van der Waals surface area contributed by atoms with Gasteiger partial charge in [-0.2, -0.15) is 4.31 Å². The third-order valence-corrected chi connectivity index (χ3v) is 9.36. The van der Waals surface area contributed by atoms with Crippen molar-refractivity contribution in [2.24, 2.45) is 0 Å². The van der Waals surface area contributed by atoms with Gasteiger partial charge in [0.05, 0.1) is 4.90 Å². The van der Waals surface area contributed by atoms with Crippen LogP contribution in [0.5, 0.6) is 0 Å². The highest BCUT2D eigenvalue weighted by atomic mass is 32.2. The Morgan fingerprint density at radius 1 is 0.909 bits per heavy atom. The molecule has 7 nitrogen and oxygen atoms in total. The summed E-state index contributed by atoms with van der Waals surface area (Å²) in [6.45, 7) is 4.76. The van der Waals surface area contributed by atoms with Gasteiger partial charge in [-0.3, -0.25) is 9.59 Å². The Kier molecular flexibility index (Phi) is 7.74. The molecule has 0 aliphatic carbocycles. The lowest BCUT2D eigenvalue weighted by atomic mass is 10.0. The summed E-state index contributed by atoms with van der Waals surface area (Å²) in [4.78, 5) is 29.4. The highest BCUT2D eigenvalue weighted by molar-refractivity contribution is 7.89. The Hall–Kier alpha value is -1.93. The fourth-order valence-corrected chi connectivity index (χ4v) is 7.28. The Bertz CT molecular complexity index is 970. The number of amides is 2. The smallest absolute Gasteiger partial charge is 0.243 e. The minimum absolute atomic E-state index is 0.0605. The van der Waals surface area contributed by atoms with Crippen molar-refractivity contribution in [2.45, 2.75) is 88.5 Å². The number of fused-ring (bicyclic) bond motifs is 1. The molecule has 3 heterocycles. The van der Waals surface area contributed by atoms with Crippen LogP contribution in [0, 0.1) is 0 Å². The zero-order valence-electron chi connectivity index (χ0n) is 19.8. The van der Waals surface area contributed by atoms with E-state index in [9.17, 15) is 18.0 Å². The second kappa shape index (κ2) is 10.6. The summed E-state index contributed by atoms with van der Waals surface area (Å²) in [5.74, 6) is 0.00716. The predicted molar refractivity (Wildman–Crippen MR) is 129 cm³/mol. The molecule has 1 aromatic carbocycles. The topological polar surface area (TPSA) is 78.0 Å². The lowest BCUT2D eigenvalue weighted by molar-refractivity contribution is -0.133. The first-order valence-electron chi connectivity index (χ1n) is 12.6. The molecule has 0 aromatic heterocycles. The molecule has 2 saturated heterocycles. The molecular formula is C25H37N3O4S. The fraction of sp³-hybridized carbons (Fsp3) is 0.680. The van der Waals surface area contributed by atoms with Crippen LogP contribution in [0.25, 0.3) is 0 Å². The monoisotopic (exact) mass is 475 g/mol. The normalized spacial score (nSPS) is 22.2. The average Bonchev–Trinajstić information content (AvgIpc) is 3.06. The van der Waals surface area contributed by atoms with Crippen molar-refractivity contribution in [3.8, 4) is 0 Å². The Labute approximate surface area is 198 Å². The van der Waals surface area contributed by atoms with Crippen molar-refractivity contribution < 1.29 is 18.0 Å². The van der Waals surface area contributed by atoms with Crippen molar-refractivity contribution >= 4 is 27.5 Å². The molecular weight excluding hydrogens is 438 g/mol. The number of likely N-dealkylation sites (tertiary alicyclic amines) is 1. The predicted octanol–water partition coefficient (Wildman–Crippen LogP) is 3.71. The molecule has 0 N–H and O–H groups in total. The second-order valence-corrected chi connectivity index (χ2v) is 11.4. The van der Waals surface area contributed by atoms with Crippen LogP contribution in [-0.4, -0.2) is 61.7 Å². The van der Waals surface area contributed by atoms with Crippen LogP contribution < -0.4 is 4.90 Å². The van der Waals surface area contributed by atoms with Crippen LogP contribution in [0.4, 0.5) is 5.69 Å². The number of carbonyl (C=O) groups excluding carboxylic acids is 2. The highest BCUT2D eigenvalue weighted by Crippen LogP contribution is 2.33. The lowest BCUT2D eigenvalue weighted by Crippen LogP contribution is -2.43. The number of hydrogen-bond donors (Lipinski definition) is 0. The third-order valence-electron chi connectivity index (χ3n) is 7.41. The number of sulfonamides is 1. The molecule has 8 heteroatoms. The van der Waals surface area contributed by atoms with Crippen LogP contribution in [0.1, 0.15) is 76.7 Å². The first-order valence-corrected chi connectivity index (χ1v) is 14.1. The van der Waals surface area contributed by atoms with E-state index in [1.165, 1.54) is 12.8 Å².